The second-order valence-corrected chi connectivity index (χ2v) is 3.03. The Morgan fingerprint density at radius 2 is 2.00 bits per heavy atom. The summed E-state index contributed by atoms with van der Waals surface area (Å²) in [5, 5.41) is 0. The van der Waals surface area contributed by atoms with Crippen molar-refractivity contribution in [2.45, 2.75) is 13.8 Å². The molecule has 1 aromatic carbocycles. The Hall–Kier alpha value is -1.22. The highest BCUT2D eigenvalue weighted by Gasteiger charge is 2.15. The summed E-state index contributed by atoms with van der Waals surface area (Å²) >= 11 is 0. The van der Waals surface area contributed by atoms with E-state index in [4.69, 9.17) is 14.2 Å². The Labute approximate surface area is 91.0 Å². The maximum atomic E-state index is 5.56. The average Bonchev–Trinajstić information content (AvgIpc) is 2.28. The highest BCUT2D eigenvalue weighted by atomic mass is 16.5. The van der Waals surface area contributed by atoms with Crippen LogP contribution in [0.15, 0.2) is 18.2 Å². The minimum Gasteiger partial charge on any atom is -0.493 e. The molecule has 3 nitrogen and oxygen atoms in total. The summed E-state index contributed by atoms with van der Waals surface area (Å²) in [7, 11) is 3.27. The predicted octanol–water partition coefficient (Wildman–Crippen LogP) is 2.64. The van der Waals surface area contributed by atoms with E-state index in [1.54, 1.807) is 14.2 Å². The molecule has 0 aliphatic carbocycles. The third kappa shape index (κ3) is 2.63. The molecule has 0 bridgehead atoms. The van der Waals surface area contributed by atoms with Crippen LogP contribution < -0.4 is 9.47 Å². The smallest absolute Gasteiger partial charge is 0.167 e. The number of rotatable bonds is 5. The molecule has 0 heterocycles. The molecule has 1 radical (unpaired) electrons. The largest absolute Gasteiger partial charge is 0.493 e. The summed E-state index contributed by atoms with van der Waals surface area (Å²) in [6.45, 7) is 4.44. The lowest BCUT2D eigenvalue weighted by molar-refractivity contribution is 0.228. The molecule has 0 amide bonds. The van der Waals surface area contributed by atoms with Gasteiger partial charge in [-0.1, -0.05) is 12.1 Å². The zero-order valence-electron chi connectivity index (χ0n) is 9.66. The van der Waals surface area contributed by atoms with E-state index in [0.717, 1.165) is 23.2 Å². The summed E-state index contributed by atoms with van der Waals surface area (Å²) in [6, 6.07) is 5.74. The van der Waals surface area contributed by atoms with Gasteiger partial charge in [-0.05, 0) is 19.9 Å². The van der Waals surface area contributed by atoms with Gasteiger partial charge < -0.3 is 14.2 Å². The topological polar surface area (TPSA) is 27.7 Å². The number of benzene rings is 1. The van der Waals surface area contributed by atoms with E-state index < -0.39 is 0 Å². The summed E-state index contributed by atoms with van der Waals surface area (Å²) in [4.78, 5) is 0. The molecule has 0 aliphatic heterocycles. The van der Waals surface area contributed by atoms with Crippen LogP contribution >= 0.6 is 0 Å². The first-order valence-electron chi connectivity index (χ1n) is 4.92. The first-order chi connectivity index (χ1) is 7.24. The molecule has 0 saturated carbocycles. The van der Waals surface area contributed by atoms with Crippen molar-refractivity contribution in [3.8, 4) is 11.5 Å². The molecule has 0 unspecified atom stereocenters. The van der Waals surface area contributed by atoms with E-state index in [2.05, 4.69) is 0 Å². The summed E-state index contributed by atoms with van der Waals surface area (Å²) in [5.74, 6) is 1.47. The van der Waals surface area contributed by atoms with Crippen molar-refractivity contribution in [2.24, 2.45) is 0 Å². The Bertz CT molecular complexity index is 310. The van der Waals surface area contributed by atoms with Gasteiger partial charge >= 0.3 is 0 Å². The van der Waals surface area contributed by atoms with Crippen LogP contribution in [0, 0.1) is 6.10 Å². The average molecular weight is 209 g/mol. The molecule has 0 saturated heterocycles. The highest BCUT2D eigenvalue weighted by Crippen LogP contribution is 2.35. The van der Waals surface area contributed by atoms with Crippen LogP contribution in [-0.2, 0) is 4.74 Å². The van der Waals surface area contributed by atoms with Gasteiger partial charge in [-0.25, -0.2) is 0 Å². The second kappa shape index (κ2) is 5.61. The maximum Gasteiger partial charge on any atom is 0.167 e. The highest BCUT2D eigenvalue weighted by molar-refractivity contribution is 5.51. The van der Waals surface area contributed by atoms with Crippen LogP contribution in [0.1, 0.15) is 19.4 Å². The first kappa shape index (κ1) is 11.9. The van der Waals surface area contributed by atoms with Gasteiger partial charge in [0.25, 0.3) is 0 Å². The Kier molecular flexibility index (Phi) is 4.43. The van der Waals surface area contributed by atoms with Gasteiger partial charge in [0.15, 0.2) is 11.5 Å². The number of para-hydroxylation sites is 1. The number of methoxy groups -OCH3 is 2. The van der Waals surface area contributed by atoms with Crippen LogP contribution in [0.2, 0.25) is 0 Å². The fraction of sp³-hybridized carbons (Fsp3) is 0.417. The van der Waals surface area contributed by atoms with Gasteiger partial charge in [-0.3, -0.25) is 0 Å². The van der Waals surface area contributed by atoms with Gasteiger partial charge in [-0.15, -0.1) is 0 Å². The zero-order chi connectivity index (χ0) is 11.3. The van der Waals surface area contributed by atoms with E-state index in [9.17, 15) is 0 Å². The second-order valence-electron chi connectivity index (χ2n) is 3.03. The lowest BCUT2D eigenvalue weighted by atomic mass is 10.1. The van der Waals surface area contributed by atoms with Gasteiger partial charge in [0, 0.05) is 12.7 Å². The van der Waals surface area contributed by atoms with Crippen molar-refractivity contribution in [1.82, 2.24) is 0 Å². The SMILES string of the molecule is CCOc1c(OC)cccc1[C](C)OC. The fourth-order valence-electron chi connectivity index (χ4n) is 1.36. The number of ether oxygens (including phenoxy) is 3. The van der Waals surface area contributed by atoms with E-state index in [1.165, 1.54) is 0 Å². The molecule has 3 heteroatoms. The molecular formula is C12H17O3. The molecule has 15 heavy (non-hydrogen) atoms. The number of hydrogen-bond acceptors (Lipinski definition) is 3. The monoisotopic (exact) mass is 209 g/mol. The fourth-order valence-corrected chi connectivity index (χ4v) is 1.36. The Balaban J connectivity index is 3.12. The lowest BCUT2D eigenvalue weighted by Crippen LogP contribution is -2.04. The molecule has 0 spiro atoms. The van der Waals surface area contributed by atoms with Crippen molar-refractivity contribution >= 4 is 0 Å². The van der Waals surface area contributed by atoms with Gasteiger partial charge in [0.05, 0.1) is 13.7 Å². The molecule has 0 N–H and O–H groups in total. The van der Waals surface area contributed by atoms with Crippen molar-refractivity contribution in [1.29, 1.82) is 0 Å². The Morgan fingerprint density at radius 3 is 2.53 bits per heavy atom. The number of hydrogen-bond donors (Lipinski definition) is 0. The predicted molar refractivity (Wildman–Crippen MR) is 59.2 cm³/mol. The van der Waals surface area contributed by atoms with Crippen LogP contribution in [-0.4, -0.2) is 20.8 Å². The van der Waals surface area contributed by atoms with Crippen molar-refractivity contribution < 1.29 is 14.2 Å². The van der Waals surface area contributed by atoms with E-state index in [0.29, 0.717) is 6.61 Å². The zero-order valence-corrected chi connectivity index (χ0v) is 9.66. The molecule has 0 aliphatic rings. The quantitative estimate of drug-likeness (QED) is 0.746. The normalized spacial score (nSPS) is 10.5. The molecule has 83 valence electrons. The standard InChI is InChI=1S/C12H17O3/c1-5-15-12-10(9(2)13-3)7-6-8-11(12)14-4/h6-8H,5H2,1-4H3. The summed E-state index contributed by atoms with van der Waals surface area (Å²) in [6.07, 6.45) is 0.817. The van der Waals surface area contributed by atoms with Crippen LogP contribution in [0.4, 0.5) is 0 Å². The third-order valence-corrected chi connectivity index (χ3v) is 2.17. The summed E-state index contributed by atoms with van der Waals surface area (Å²) in [5.41, 5.74) is 0.929. The van der Waals surface area contributed by atoms with E-state index in [-0.39, 0.29) is 0 Å². The first-order valence-corrected chi connectivity index (χ1v) is 4.92. The third-order valence-electron chi connectivity index (χ3n) is 2.17. The Morgan fingerprint density at radius 1 is 1.27 bits per heavy atom. The molecule has 0 fully saturated rings. The van der Waals surface area contributed by atoms with Gasteiger partial charge in [-0.2, -0.15) is 0 Å². The van der Waals surface area contributed by atoms with Gasteiger partial charge in [0.1, 0.15) is 6.10 Å². The van der Waals surface area contributed by atoms with Crippen molar-refractivity contribution in [3.05, 3.63) is 29.9 Å². The van der Waals surface area contributed by atoms with Crippen LogP contribution in [0.3, 0.4) is 0 Å². The van der Waals surface area contributed by atoms with Crippen molar-refractivity contribution in [3.63, 3.8) is 0 Å². The molecule has 1 rings (SSSR count). The minimum absolute atomic E-state index is 0.602. The van der Waals surface area contributed by atoms with Gasteiger partial charge in [0.2, 0.25) is 0 Å². The summed E-state index contributed by atoms with van der Waals surface area (Å²) < 4.78 is 16.0. The molecule has 0 aromatic heterocycles. The van der Waals surface area contributed by atoms with E-state index >= 15 is 0 Å². The van der Waals surface area contributed by atoms with Crippen LogP contribution in [0.25, 0.3) is 0 Å². The molecule has 1 aromatic rings. The minimum atomic E-state index is 0.602. The lowest BCUT2D eigenvalue weighted by Gasteiger charge is -2.16. The van der Waals surface area contributed by atoms with Crippen molar-refractivity contribution in [2.75, 3.05) is 20.8 Å². The van der Waals surface area contributed by atoms with Crippen LogP contribution in [0.5, 0.6) is 11.5 Å². The van der Waals surface area contributed by atoms with E-state index in [1.807, 2.05) is 32.0 Å². The maximum absolute atomic E-state index is 5.56. The molecule has 0 atom stereocenters. The molecular weight excluding hydrogens is 192 g/mol.